The number of amides is 1. The van der Waals surface area contributed by atoms with E-state index in [-0.39, 0.29) is 0 Å². The molecule has 5 nitrogen and oxygen atoms in total. The first kappa shape index (κ1) is 24.7. The largest absolute Gasteiger partial charge is 0.488 e. The van der Waals surface area contributed by atoms with Crippen molar-refractivity contribution in [1.29, 1.82) is 0 Å². The Labute approximate surface area is 217 Å². The maximum atomic E-state index is 13.2. The van der Waals surface area contributed by atoms with Crippen molar-refractivity contribution in [2.75, 3.05) is 0 Å². The number of hydrogen-bond donors (Lipinski definition) is 2. The predicted octanol–water partition coefficient (Wildman–Crippen LogP) is 6.07. The lowest BCUT2D eigenvalue weighted by Gasteiger charge is -2.27. The van der Waals surface area contributed by atoms with E-state index in [0.717, 1.165) is 10.0 Å². The smallest absolute Gasteiger partial charge is 0.281 e. The van der Waals surface area contributed by atoms with Gasteiger partial charge in [-0.05, 0) is 47.0 Å². The maximum absolute atomic E-state index is 13.2. The van der Waals surface area contributed by atoms with Crippen LogP contribution in [0.2, 0.25) is 5.02 Å². The molecular weight excluding hydrogens is 528 g/mol. The summed E-state index contributed by atoms with van der Waals surface area (Å²) >= 11 is 9.40. The summed E-state index contributed by atoms with van der Waals surface area (Å²) in [6.07, 6.45) is 1.48. The van der Waals surface area contributed by atoms with Gasteiger partial charge in [-0.2, -0.15) is 5.10 Å². The number of nitrogens with one attached hydrogen (secondary N) is 1. The zero-order valence-corrected chi connectivity index (χ0v) is 20.9. The van der Waals surface area contributed by atoms with Gasteiger partial charge in [-0.25, -0.2) is 5.43 Å². The molecule has 1 amide bonds. The van der Waals surface area contributed by atoms with Gasteiger partial charge < -0.3 is 9.84 Å². The molecule has 2 N–H and O–H groups in total. The van der Waals surface area contributed by atoms with Crippen molar-refractivity contribution < 1.29 is 14.6 Å². The first-order valence-corrected chi connectivity index (χ1v) is 12.0. The zero-order valence-electron chi connectivity index (χ0n) is 18.6. The molecule has 0 aliphatic rings. The van der Waals surface area contributed by atoms with Gasteiger partial charge in [-0.3, -0.25) is 4.79 Å². The Bertz CT molecular complexity index is 1270. The molecule has 0 fully saturated rings. The zero-order chi connectivity index (χ0) is 24.7. The van der Waals surface area contributed by atoms with Crippen LogP contribution in [-0.2, 0) is 17.0 Å². The number of halogens is 2. The molecule has 4 rings (SSSR count). The van der Waals surface area contributed by atoms with Crippen LogP contribution in [0.3, 0.4) is 0 Å². The molecule has 35 heavy (non-hydrogen) atoms. The summed E-state index contributed by atoms with van der Waals surface area (Å²) < 4.78 is 6.79. The molecular formula is C28H22BrClN2O3. The second-order valence-electron chi connectivity index (χ2n) is 7.74. The van der Waals surface area contributed by atoms with Crippen molar-refractivity contribution in [3.05, 3.63) is 135 Å². The first-order valence-electron chi connectivity index (χ1n) is 10.8. The lowest BCUT2D eigenvalue weighted by atomic mass is 9.85. The molecule has 0 aliphatic heterocycles. The summed E-state index contributed by atoms with van der Waals surface area (Å²) in [5.41, 5.74) is 3.07. The van der Waals surface area contributed by atoms with E-state index in [0.29, 0.717) is 34.1 Å². The summed E-state index contributed by atoms with van der Waals surface area (Å²) in [6.45, 7) is 0.341. The van der Waals surface area contributed by atoms with Crippen molar-refractivity contribution >= 4 is 39.7 Å². The summed E-state index contributed by atoms with van der Waals surface area (Å²) in [6, 6.07) is 30.4. The minimum Gasteiger partial charge on any atom is -0.488 e. The standard InChI is InChI=1S/C28H22BrClN2O3/c29-24-13-16-26(35-19-20-11-14-25(30)15-12-20)21(17-24)18-31-32-27(33)28(34,22-7-3-1-4-8-22)23-9-5-2-6-10-23/h1-18,34H,19H2,(H,32,33)/b31-18-. The lowest BCUT2D eigenvalue weighted by molar-refractivity contribution is -0.136. The van der Waals surface area contributed by atoms with E-state index in [1.807, 2.05) is 42.5 Å². The summed E-state index contributed by atoms with van der Waals surface area (Å²) in [7, 11) is 0. The topological polar surface area (TPSA) is 70.9 Å². The Hall–Kier alpha value is -3.45. The first-order chi connectivity index (χ1) is 17.0. The molecule has 176 valence electrons. The molecule has 4 aromatic carbocycles. The Kier molecular flexibility index (Phi) is 7.98. The number of rotatable bonds is 8. The van der Waals surface area contributed by atoms with Crippen LogP contribution in [0.5, 0.6) is 5.75 Å². The second-order valence-corrected chi connectivity index (χ2v) is 9.09. The van der Waals surface area contributed by atoms with Gasteiger partial charge in [0.05, 0.1) is 6.21 Å². The molecule has 0 atom stereocenters. The van der Waals surface area contributed by atoms with E-state index >= 15 is 0 Å². The SMILES string of the molecule is O=C(N/N=C\c1cc(Br)ccc1OCc1ccc(Cl)cc1)C(O)(c1ccccc1)c1ccccc1. The highest BCUT2D eigenvalue weighted by Crippen LogP contribution is 2.30. The minimum absolute atomic E-state index is 0.341. The number of hydrazone groups is 1. The van der Waals surface area contributed by atoms with Crippen LogP contribution in [0.4, 0.5) is 0 Å². The fraction of sp³-hybridized carbons (Fsp3) is 0.0714. The number of ether oxygens (including phenoxy) is 1. The number of aliphatic hydroxyl groups is 1. The Morgan fingerprint density at radius 2 is 1.54 bits per heavy atom. The fourth-order valence-electron chi connectivity index (χ4n) is 3.52. The molecule has 7 heteroatoms. The van der Waals surface area contributed by atoms with Crippen molar-refractivity contribution in [3.8, 4) is 5.75 Å². The van der Waals surface area contributed by atoms with Gasteiger partial charge in [0.1, 0.15) is 12.4 Å². The quantitative estimate of drug-likeness (QED) is 0.207. The number of hydrogen-bond acceptors (Lipinski definition) is 4. The van der Waals surface area contributed by atoms with Gasteiger partial charge in [0.2, 0.25) is 0 Å². The van der Waals surface area contributed by atoms with Crippen LogP contribution in [0.1, 0.15) is 22.3 Å². The third-order valence-corrected chi connectivity index (χ3v) is 6.11. The monoisotopic (exact) mass is 548 g/mol. The van der Waals surface area contributed by atoms with Gasteiger partial charge in [0, 0.05) is 15.1 Å². The Morgan fingerprint density at radius 1 is 0.943 bits per heavy atom. The molecule has 0 saturated heterocycles. The van der Waals surface area contributed by atoms with Crippen LogP contribution < -0.4 is 10.2 Å². The summed E-state index contributed by atoms with van der Waals surface area (Å²) in [5.74, 6) is -0.0905. The highest BCUT2D eigenvalue weighted by molar-refractivity contribution is 9.10. The van der Waals surface area contributed by atoms with E-state index in [1.165, 1.54) is 6.21 Å². The van der Waals surface area contributed by atoms with Crippen LogP contribution in [0.25, 0.3) is 0 Å². The van der Waals surface area contributed by atoms with Crippen LogP contribution in [-0.4, -0.2) is 17.2 Å². The van der Waals surface area contributed by atoms with Crippen molar-refractivity contribution in [2.24, 2.45) is 5.10 Å². The second kappa shape index (κ2) is 11.3. The molecule has 4 aromatic rings. The number of nitrogens with zero attached hydrogens (tertiary/aromatic N) is 1. The Morgan fingerprint density at radius 3 is 2.14 bits per heavy atom. The van der Waals surface area contributed by atoms with Gasteiger partial charge in [0.25, 0.3) is 5.91 Å². The predicted molar refractivity (Wildman–Crippen MR) is 142 cm³/mol. The molecule has 0 radical (unpaired) electrons. The van der Waals surface area contributed by atoms with Crippen molar-refractivity contribution in [3.63, 3.8) is 0 Å². The molecule has 0 aromatic heterocycles. The lowest BCUT2D eigenvalue weighted by Crippen LogP contribution is -2.43. The maximum Gasteiger partial charge on any atom is 0.281 e. The van der Waals surface area contributed by atoms with Gasteiger partial charge >= 0.3 is 0 Å². The minimum atomic E-state index is -1.91. The van der Waals surface area contributed by atoms with Gasteiger partial charge in [0.15, 0.2) is 5.60 Å². The summed E-state index contributed by atoms with van der Waals surface area (Å²) in [4.78, 5) is 13.2. The van der Waals surface area contributed by atoms with Gasteiger partial charge in [-0.1, -0.05) is 100 Å². The van der Waals surface area contributed by atoms with Crippen molar-refractivity contribution in [2.45, 2.75) is 12.2 Å². The highest BCUT2D eigenvalue weighted by Gasteiger charge is 2.39. The Balaban J connectivity index is 1.54. The van der Waals surface area contributed by atoms with Crippen molar-refractivity contribution in [1.82, 2.24) is 5.43 Å². The molecule has 0 spiro atoms. The van der Waals surface area contributed by atoms with Crippen LogP contribution in [0.15, 0.2) is 113 Å². The molecule has 0 unspecified atom stereocenters. The van der Waals surface area contributed by atoms with Gasteiger partial charge in [-0.15, -0.1) is 0 Å². The third kappa shape index (κ3) is 5.98. The van der Waals surface area contributed by atoms with E-state index in [2.05, 4.69) is 26.5 Å². The normalized spacial score (nSPS) is 11.4. The van der Waals surface area contributed by atoms with E-state index in [4.69, 9.17) is 16.3 Å². The number of carbonyl (C=O) groups is 1. The number of benzene rings is 4. The van der Waals surface area contributed by atoms with E-state index in [1.54, 1.807) is 60.7 Å². The molecule has 0 aliphatic carbocycles. The molecule has 0 bridgehead atoms. The van der Waals surface area contributed by atoms with Crippen LogP contribution in [0, 0.1) is 0 Å². The third-order valence-electron chi connectivity index (χ3n) is 5.36. The van der Waals surface area contributed by atoms with E-state index < -0.39 is 11.5 Å². The number of carbonyl (C=O) groups excluding carboxylic acids is 1. The van der Waals surface area contributed by atoms with E-state index in [9.17, 15) is 9.90 Å². The van der Waals surface area contributed by atoms with Crippen LogP contribution >= 0.6 is 27.5 Å². The summed E-state index contributed by atoms with van der Waals surface area (Å²) in [5, 5.41) is 16.3. The average Bonchev–Trinajstić information content (AvgIpc) is 2.89. The molecule has 0 heterocycles. The average molecular weight is 550 g/mol. The molecule has 0 saturated carbocycles. The fourth-order valence-corrected chi connectivity index (χ4v) is 4.03. The highest BCUT2D eigenvalue weighted by atomic mass is 79.9.